The van der Waals surface area contributed by atoms with Crippen LogP contribution in [0.2, 0.25) is 0 Å². The Labute approximate surface area is 56.0 Å². The highest BCUT2D eigenvalue weighted by Gasteiger charge is 2.07. The Bertz CT molecular complexity index is 422. The number of hydrogen-bond acceptors (Lipinski definition) is 2. The summed E-state index contributed by atoms with van der Waals surface area (Å²) in [5.41, 5.74) is 2.86. The first-order valence-electron chi connectivity index (χ1n) is 3.10. The Morgan fingerprint density at radius 2 is 2.40 bits per heavy atom. The van der Waals surface area contributed by atoms with Gasteiger partial charge in [0.25, 0.3) is 5.84 Å². The van der Waals surface area contributed by atoms with Gasteiger partial charge in [-0.15, -0.1) is 0 Å². The predicted octanol–water partition coefficient (Wildman–Crippen LogP) is 1.75. The summed E-state index contributed by atoms with van der Waals surface area (Å²) in [5.74, 6) is 0.612. The number of aromatic nitrogens is 2. The van der Waals surface area contributed by atoms with Crippen LogP contribution < -0.4 is 0 Å². The van der Waals surface area contributed by atoms with Gasteiger partial charge in [0.15, 0.2) is 5.58 Å². The Morgan fingerprint density at radius 1 is 1.40 bits per heavy atom. The van der Waals surface area contributed by atoms with Gasteiger partial charge >= 0.3 is 0 Å². The van der Waals surface area contributed by atoms with Gasteiger partial charge in [0, 0.05) is 0 Å². The number of benzene rings is 1. The first kappa shape index (κ1) is 4.33. The standard InChI is InChI=1S/C7H4N2O/c1-2-4-6-5(3-1)10-7(8-4)9-6/h1-3H,(H,8,9). The zero-order valence-corrected chi connectivity index (χ0v) is 5.09. The smallest absolute Gasteiger partial charge is 0.300 e. The molecular weight excluding hydrogens is 128 g/mol. The lowest BCUT2D eigenvalue weighted by atomic mass is 10.3. The summed E-state index contributed by atoms with van der Waals surface area (Å²) < 4.78 is 5.22. The van der Waals surface area contributed by atoms with Crippen molar-refractivity contribution in [1.29, 1.82) is 0 Å². The van der Waals surface area contributed by atoms with Gasteiger partial charge in [-0.2, -0.15) is 4.98 Å². The molecule has 1 aromatic carbocycles. The number of nitrogens with zero attached hydrogens (tertiary/aromatic N) is 1. The Hall–Kier alpha value is -1.51. The normalized spacial score (nSPS) is 12.0. The number of nitrogens with one attached hydrogen (secondary N) is 1. The highest BCUT2D eigenvalue weighted by Crippen LogP contribution is 2.22. The van der Waals surface area contributed by atoms with Crippen LogP contribution in [0.1, 0.15) is 0 Å². The molecule has 0 fully saturated rings. The first-order chi connectivity index (χ1) is 4.93. The van der Waals surface area contributed by atoms with E-state index in [0.29, 0.717) is 5.84 Å². The minimum Gasteiger partial charge on any atom is -0.423 e. The summed E-state index contributed by atoms with van der Waals surface area (Å²) in [5, 5.41) is 0. The maximum atomic E-state index is 5.22. The van der Waals surface area contributed by atoms with Crippen molar-refractivity contribution in [2.45, 2.75) is 0 Å². The summed E-state index contributed by atoms with van der Waals surface area (Å²) >= 11 is 0. The first-order valence-corrected chi connectivity index (χ1v) is 3.10. The van der Waals surface area contributed by atoms with Gasteiger partial charge in [0.1, 0.15) is 5.52 Å². The molecular formula is C7H4N2O. The number of para-hydroxylation sites is 1. The van der Waals surface area contributed by atoms with Crippen LogP contribution in [0.5, 0.6) is 0 Å². The van der Waals surface area contributed by atoms with E-state index in [-0.39, 0.29) is 0 Å². The molecule has 0 aliphatic rings. The molecule has 2 aromatic heterocycles. The molecule has 48 valence electrons. The van der Waals surface area contributed by atoms with Crippen LogP contribution in [-0.4, -0.2) is 9.97 Å². The number of aromatic amines is 1. The van der Waals surface area contributed by atoms with E-state index in [9.17, 15) is 0 Å². The molecule has 3 nitrogen and oxygen atoms in total. The molecule has 3 aromatic rings. The zero-order chi connectivity index (χ0) is 6.55. The quantitative estimate of drug-likeness (QED) is 0.506. The molecule has 2 heterocycles. The fourth-order valence-corrected chi connectivity index (χ4v) is 1.22. The van der Waals surface area contributed by atoms with Gasteiger partial charge < -0.3 is 9.40 Å². The Morgan fingerprint density at radius 3 is 3.10 bits per heavy atom. The summed E-state index contributed by atoms with van der Waals surface area (Å²) in [6.45, 7) is 0. The fourth-order valence-electron chi connectivity index (χ4n) is 1.22. The second kappa shape index (κ2) is 1.16. The van der Waals surface area contributed by atoms with Crippen LogP contribution in [-0.2, 0) is 0 Å². The number of oxazole rings is 1. The van der Waals surface area contributed by atoms with E-state index < -0.39 is 0 Å². The van der Waals surface area contributed by atoms with Crippen LogP contribution in [0.15, 0.2) is 22.6 Å². The van der Waals surface area contributed by atoms with E-state index in [1.165, 1.54) is 0 Å². The monoisotopic (exact) mass is 132 g/mol. The van der Waals surface area contributed by atoms with Crippen LogP contribution in [0, 0.1) is 0 Å². The van der Waals surface area contributed by atoms with Crippen molar-refractivity contribution >= 4 is 22.5 Å². The van der Waals surface area contributed by atoms with Crippen molar-refractivity contribution in [2.75, 3.05) is 0 Å². The van der Waals surface area contributed by atoms with Gasteiger partial charge in [-0.05, 0) is 12.1 Å². The van der Waals surface area contributed by atoms with Crippen molar-refractivity contribution in [3.05, 3.63) is 18.2 Å². The van der Waals surface area contributed by atoms with E-state index in [1.807, 2.05) is 18.2 Å². The number of H-pyrrole nitrogens is 1. The number of imidazole rings is 1. The second-order valence-corrected chi connectivity index (χ2v) is 2.30. The third kappa shape index (κ3) is 0.326. The highest BCUT2D eigenvalue weighted by atomic mass is 16.4. The van der Waals surface area contributed by atoms with Crippen LogP contribution in [0.3, 0.4) is 0 Å². The molecule has 0 aliphatic heterocycles. The summed E-state index contributed by atoms with van der Waals surface area (Å²) in [4.78, 5) is 7.13. The van der Waals surface area contributed by atoms with Crippen LogP contribution in [0.4, 0.5) is 0 Å². The van der Waals surface area contributed by atoms with E-state index in [0.717, 1.165) is 16.6 Å². The van der Waals surface area contributed by atoms with Gasteiger partial charge in [0.2, 0.25) is 0 Å². The topological polar surface area (TPSA) is 41.8 Å². The molecule has 0 atom stereocenters. The van der Waals surface area contributed by atoms with Crippen molar-refractivity contribution in [3.8, 4) is 0 Å². The van der Waals surface area contributed by atoms with Crippen molar-refractivity contribution in [3.63, 3.8) is 0 Å². The lowest BCUT2D eigenvalue weighted by Gasteiger charge is -1.88. The van der Waals surface area contributed by atoms with E-state index in [4.69, 9.17) is 4.42 Å². The van der Waals surface area contributed by atoms with Gasteiger partial charge in [-0.1, -0.05) is 6.07 Å². The minimum atomic E-state index is 0.612. The van der Waals surface area contributed by atoms with E-state index in [1.54, 1.807) is 0 Å². The maximum Gasteiger partial charge on any atom is 0.300 e. The Balaban J connectivity index is 2.86. The molecule has 0 spiro atoms. The molecule has 1 N–H and O–H groups in total. The molecule has 0 saturated heterocycles. The SMILES string of the molecule is c1cc2[nH]c3nc2c(c1)o3. The largest absolute Gasteiger partial charge is 0.423 e. The van der Waals surface area contributed by atoms with Crippen LogP contribution in [0.25, 0.3) is 22.5 Å². The summed E-state index contributed by atoms with van der Waals surface area (Å²) in [7, 11) is 0. The van der Waals surface area contributed by atoms with Crippen molar-refractivity contribution in [1.82, 2.24) is 9.97 Å². The van der Waals surface area contributed by atoms with E-state index in [2.05, 4.69) is 9.97 Å². The Kier molecular flexibility index (Phi) is 0.502. The summed E-state index contributed by atoms with van der Waals surface area (Å²) in [6, 6.07) is 5.84. The molecule has 2 bridgehead atoms. The molecule has 0 aliphatic carbocycles. The third-order valence-corrected chi connectivity index (χ3v) is 1.66. The third-order valence-electron chi connectivity index (χ3n) is 1.66. The number of rotatable bonds is 0. The lowest BCUT2D eigenvalue weighted by Crippen LogP contribution is -1.70. The fraction of sp³-hybridized carbons (Fsp3) is 0. The van der Waals surface area contributed by atoms with Gasteiger partial charge in [0.05, 0.1) is 5.52 Å². The van der Waals surface area contributed by atoms with Crippen LogP contribution >= 0.6 is 0 Å². The molecule has 0 amide bonds. The molecule has 0 unspecified atom stereocenters. The average Bonchev–Trinajstić information content (AvgIpc) is 2.40. The number of fused-ring (bicyclic) bond motifs is 1. The van der Waals surface area contributed by atoms with Crippen molar-refractivity contribution in [2.24, 2.45) is 0 Å². The highest BCUT2D eigenvalue weighted by molar-refractivity contribution is 5.92. The lowest BCUT2D eigenvalue weighted by molar-refractivity contribution is 0.643. The molecule has 3 heteroatoms. The summed E-state index contributed by atoms with van der Waals surface area (Å²) in [6.07, 6.45) is 0. The average molecular weight is 132 g/mol. The molecule has 0 radical (unpaired) electrons. The second-order valence-electron chi connectivity index (χ2n) is 2.30. The van der Waals surface area contributed by atoms with Crippen molar-refractivity contribution < 1.29 is 4.42 Å². The molecule has 0 saturated carbocycles. The van der Waals surface area contributed by atoms with E-state index >= 15 is 0 Å². The minimum absolute atomic E-state index is 0.612. The zero-order valence-electron chi connectivity index (χ0n) is 5.09. The molecule has 10 heavy (non-hydrogen) atoms. The van der Waals surface area contributed by atoms with Gasteiger partial charge in [-0.25, -0.2) is 0 Å². The molecule has 3 rings (SSSR count). The predicted molar refractivity (Wildman–Crippen MR) is 37.1 cm³/mol. The van der Waals surface area contributed by atoms with Gasteiger partial charge in [-0.3, -0.25) is 0 Å². The number of hydrogen-bond donors (Lipinski definition) is 1. The maximum absolute atomic E-state index is 5.22.